The molecule has 0 saturated carbocycles. The molecule has 0 aliphatic heterocycles. The van der Waals surface area contributed by atoms with Gasteiger partial charge in [-0.05, 0) is 54.8 Å². The molecule has 0 saturated heterocycles. The zero-order valence-electron chi connectivity index (χ0n) is 17.1. The molecular weight excluding hydrogens is 404 g/mol. The highest BCUT2D eigenvalue weighted by molar-refractivity contribution is 6.30. The van der Waals surface area contributed by atoms with Crippen LogP contribution >= 0.6 is 11.6 Å². The van der Waals surface area contributed by atoms with Crippen molar-refractivity contribution in [3.05, 3.63) is 85.0 Å². The lowest BCUT2D eigenvalue weighted by molar-refractivity contribution is 0.427. The summed E-state index contributed by atoms with van der Waals surface area (Å²) in [6, 6.07) is 13.1. The lowest BCUT2D eigenvalue weighted by atomic mass is 10.1. The first-order valence-corrected chi connectivity index (χ1v) is 9.79. The summed E-state index contributed by atoms with van der Waals surface area (Å²) in [5.41, 5.74) is 2.62. The third kappa shape index (κ3) is 3.52. The average Bonchev–Trinajstić information content (AvgIpc) is 3.01. The first kappa shape index (κ1) is 20.0. The Morgan fingerprint density at radius 2 is 1.60 bits per heavy atom. The lowest BCUT2D eigenvalue weighted by Gasteiger charge is -2.09. The van der Waals surface area contributed by atoms with Crippen LogP contribution in [-0.4, -0.2) is 18.7 Å². The van der Waals surface area contributed by atoms with E-state index in [4.69, 9.17) is 16.3 Å². The SMILES string of the molecule is Cc1cc(C)cc(Oc2nc3c(c(=O)n(Cc4ccc(Cl)cc4)c(=O)n3C)n2C)c1. The largest absolute Gasteiger partial charge is 0.425 e. The zero-order valence-corrected chi connectivity index (χ0v) is 17.9. The smallest absolute Gasteiger partial charge is 0.332 e. The summed E-state index contributed by atoms with van der Waals surface area (Å²) in [5.74, 6) is 0.623. The van der Waals surface area contributed by atoms with Gasteiger partial charge in [-0.2, -0.15) is 4.98 Å². The van der Waals surface area contributed by atoms with E-state index in [-0.39, 0.29) is 18.2 Å². The van der Waals surface area contributed by atoms with Crippen molar-refractivity contribution in [2.45, 2.75) is 20.4 Å². The summed E-state index contributed by atoms with van der Waals surface area (Å²) >= 11 is 5.93. The average molecular weight is 425 g/mol. The van der Waals surface area contributed by atoms with Crippen LogP contribution in [-0.2, 0) is 20.6 Å². The van der Waals surface area contributed by atoms with E-state index in [2.05, 4.69) is 4.98 Å². The molecule has 0 bridgehead atoms. The van der Waals surface area contributed by atoms with Crippen molar-refractivity contribution in [2.75, 3.05) is 0 Å². The molecule has 0 atom stereocenters. The number of hydrogen-bond donors (Lipinski definition) is 0. The standard InChI is InChI=1S/C22H21ClN4O3/c1-13-9-14(2)11-17(10-13)30-21-24-19-18(25(21)3)20(28)27(22(29)26(19)4)12-15-5-7-16(23)8-6-15/h5-11H,12H2,1-4H3. The van der Waals surface area contributed by atoms with Crippen LogP contribution in [0, 0.1) is 13.8 Å². The van der Waals surface area contributed by atoms with Gasteiger partial charge >= 0.3 is 11.7 Å². The Morgan fingerprint density at radius 3 is 2.23 bits per heavy atom. The highest BCUT2D eigenvalue weighted by atomic mass is 35.5. The molecule has 0 fully saturated rings. The van der Waals surface area contributed by atoms with Gasteiger partial charge in [0.05, 0.1) is 6.54 Å². The number of rotatable bonds is 4. The monoisotopic (exact) mass is 424 g/mol. The second-order valence-corrected chi connectivity index (χ2v) is 7.85. The van der Waals surface area contributed by atoms with Crippen LogP contribution in [0.15, 0.2) is 52.1 Å². The lowest BCUT2D eigenvalue weighted by Crippen LogP contribution is -2.39. The molecule has 0 radical (unpaired) electrons. The van der Waals surface area contributed by atoms with E-state index in [0.29, 0.717) is 16.3 Å². The maximum absolute atomic E-state index is 13.2. The molecule has 2 aromatic carbocycles. The molecule has 30 heavy (non-hydrogen) atoms. The number of benzene rings is 2. The Kier molecular flexibility index (Phi) is 4.99. The van der Waals surface area contributed by atoms with Crippen LogP contribution in [0.3, 0.4) is 0 Å². The van der Waals surface area contributed by atoms with Gasteiger partial charge < -0.3 is 4.74 Å². The molecule has 0 amide bonds. The van der Waals surface area contributed by atoms with Gasteiger partial charge in [0.15, 0.2) is 11.2 Å². The summed E-state index contributed by atoms with van der Waals surface area (Å²) in [7, 11) is 3.29. The number of aromatic nitrogens is 4. The van der Waals surface area contributed by atoms with Gasteiger partial charge in [-0.1, -0.05) is 29.8 Å². The zero-order chi connectivity index (χ0) is 21.6. The minimum absolute atomic E-state index is 0.136. The number of halogens is 1. The van der Waals surface area contributed by atoms with Crippen molar-refractivity contribution in [1.82, 2.24) is 18.7 Å². The normalized spacial score (nSPS) is 11.2. The number of hydrogen-bond acceptors (Lipinski definition) is 4. The van der Waals surface area contributed by atoms with Gasteiger partial charge in [0.2, 0.25) is 0 Å². The van der Waals surface area contributed by atoms with Crippen molar-refractivity contribution < 1.29 is 4.74 Å². The van der Waals surface area contributed by atoms with Gasteiger partial charge in [-0.25, -0.2) is 4.79 Å². The molecule has 154 valence electrons. The molecule has 8 heteroatoms. The Balaban J connectivity index is 1.83. The molecule has 0 spiro atoms. The van der Waals surface area contributed by atoms with Crippen LogP contribution < -0.4 is 16.0 Å². The number of fused-ring (bicyclic) bond motifs is 1. The number of ether oxygens (including phenoxy) is 1. The van der Waals surface area contributed by atoms with Gasteiger partial charge in [-0.3, -0.25) is 18.5 Å². The molecule has 0 unspecified atom stereocenters. The fraction of sp³-hybridized carbons (Fsp3) is 0.227. The van der Waals surface area contributed by atoms with Crippen molar-refractivity contribution >= 4 is 22.8 Å². The third-order valence-electron chi connectivity index (χ3n) is 4.98. The van der Waals surface area contributed by atoms with Crippen molar-refractivity contribution in [1.29, 1.82) is 0 Å². The summed E-state index contributed by atoms with van der Waals surface area (Å²) in [5, 5.41) is 0.592. The molecule has 2 heterocycles. The number of imidazole rings is 1. The Bertz CT molecular complexity index is 1360. The van der Waals surface area contributed by atoms with Crippen LogP contribution in [0.5, 0.6) is 11.8 Å². The van der Waals surface area contributed by atoms with Crippen LogP contribution in [0.25, 0.3) is 11.2 Å². The second kappa shape index (κ2) is 7.50. The van der Waals surface area contributed by atoms with E-state index in [9.17, 15) is 9.59 Å². The van der Waals surface area contributed by atoms with E-state index in [1.54, 1.807) is 42.9 Å². The van der Waals surface area contributed by atoms with Crippen molar-refractivity contribution in [3.63, 3.8) is 0 Å². The molecule has 4 aromatic rings. The first-order chi connectivity index (χ1) is 14.2. The Morgan fingerprint density at radius 1 is 0.967 bits per heavy atom. The highest BCUT2D eigenvalue weighted by Crippen LogP contribution is 2.24. The van der Waals surface area contributed by atoms with E-state index < -0.39 is 11.2 Å². The minimum atomic E-state index is -0.446. The van der Waals surface area contributed by atoms with E-state index in [0.717, 1.165) is 16.7 Å². The quantitative estimate of drug-likeness (QED) is 0.502. The summed E-state index contributed by atoms with van der Waals surface area (Å²) in [6.07, 6.45) is 0. The Hall–Kier alpha value is -3.32. The Labute approximate surface area is 177 Å². The maximum Gasteiger partial charge on any atom is 0.332 e. The van der Waals surface area contributed by atoms with Crippen LogP contribution in [0.2, 0.25) is 5.02 Å². The van der Waals surface area contributed by atoms with Crippen LogP contribution in [0.4, 0.5) is 0 Å². The highest BCUT2D eigenvalue weighted by Gasteiger charge is 2.20. The molecular formula is C22H21ClN4O3. The van der Waals surface area contributed by atoms with Gasteiger partial charge in [-0.15, -0.1) is 0 Å². The number of nitrogens with zero attached hydrogens (tertiary/aromatic N) is 4. The van der Waals surface area contributed by atoms with E-state index in [1.165, 1.54) is 9.13 Å². The third-order valence-corrected chi connectivity index (χ3v) is 5.23. The molecule has 0 aliphatic rings. The molecule has 7 nitrogen and oxygen atoms in total. The topological polar surface area (TPSA) is 71.1 Å². The van der Waals surface area contributed by atoms with Gasteiger partial charge in [0, 0.05) is 19.1 Å². The van der Waals surface area contributed by atoms with Crippen LogP contribution in [0.1, 0.15) is 16.7 Å². The fourth-order valence-electron chi connectivity index (χ4n) is 3.52. The number of aryl methyl sites for hydroxylation is 4. The molecule has 4 rings (SSSR count). The maximum atomic E-state index is 13.2. The van der Waals surface area contributed by atoms with Crippen molar-refractivity contribution in [2.24, 2.45) is 14.1 Å². The minimum Gasteiger partial charge on any atom is -0.425 e. The van der Waals surface area contributed by atoms with Crippen molar-refractivity contribution in [3.8, 4) is 11.8 Å². The summed E-state index contributed by atoms with van der Waals surface area (Å²) in [4.78, 5) is 30.4. The summed E-state index contributed by atoms with van der Waals surface area (Å²) in [6.45, 7) is 4.10. The molecule has 2 aromatic heterocycles. The second-order valence-electron chi connectivity index (χ2n) is 7.41. The summed E-state index contributed by atoms with van der Waals surface area (Å²) < 4.78 is 10.1. The first-order valence-electron chi connectivity index (χ1n) is 9.41. The molecule has 0 N–H and O–H groups in total. The predicted octanol–water partition coefficient (Wildman–Crippen LogP) is 3.54. The van der Waals surface area contributed by atoms with E-state index >= 15 is 0 Å². The van der Waals surface area contributed by atoms with Gasteiger partial charge in [0.1, 0.15) is 5.75 Å². The van der Waals surface area contributed by atoms with E-state index in [1.807, 2.05) is 32.0 Å². The predicted molar refractivity (Wildman–Crippen MR) is 117 cm³/mol. The fourth-order valence-corrected chi connectivity index (χ4v) is 3.65. The van der Waals surface area contributed by atoms with Gasteiger partial charge in [0.25, 0.3) is 5.56 Å². The molecule has 0 aliphatic carbocycles.